The number of rotatable bonds is 6. The number of carbonyl (C=O) groups is 1. The minimum Gasteiger partial charge on any atom is -0.356 e. The average Bonchev–Trinajstić information content (AvgIpc) is 2.74. The van der Waals surface area contributed by atoms with E-state index in [0.29, 0.717) is 17.3 Å². The molecule has 0 aliphatic heterocycles. The zero-order chi connectivity index (χ0) is 19.9. The molecular formula is C24H31N3O. The fourth-order valence-corrected chi connectivity index (χ4v) is 4.38. The minimum absolute atomic E-state index is 0. The molecule has 0 radical (unpaired) electrons. The molecule has 0 spiro atoms. The lowest BCUT2D eigenvalue weighted by atomic mass is 9.71. The molecule has 4 unspecified atom stereocenters. The fourth-order valence-electron chi connectivity index (χ4n) is 4.38. The van der Waals surface area contributed by atoms with Crippen LogP contribution in [0.15, 0.2) is 60.7 Å². The third-order valence-electron chi connectivity index (χ3n) is 6.09. The van der Waals surface area contributed by atoms with Crippen molar-refractivity contribution in [1.82, 2.24) is 5.32 Å². The lowest BCUT2D eigenvalue weighted by Crippen LogP contribution is -2.40. The molecule has 1 amide bonds. The Kier molecular flexibility index (Phi) is 6.75. The first-order valence-corrected chi connectivity index (χ1v) is 10.1. The Hall–Kier alpha value is -2.75. The van der Waals surface area contributed by atoms with Crippen molar-refractivity contribution >= 4 is 17.8 Å². The first kappa shape index (κ1) is 20.0. The van der Waals surface area contributed by atoms with Crippen LogP contribution >= 0.6 is 0 Å². The molecule has 28 heavy (non-hydrogen) atoms. The molecular weight excluding hydrogens is 346 g/mol. The topological polar surface area (TPSA) is 76.8 Å². The molecule has 1 aliphatic rings. The van der Waals surface area contributed by atoms with Crippen LogP contribution in [0.4, 0.5) is 0 Å². The summed E-state index contributed by atoms with van der Waals surface area (Å²) in [5, 5.41) is 20.8. The van der Waals surface area contributed by atoms with Crippen LogP contribution in [-0.2, 0) is 4.79 Å². The third kappa shape index (κ3) is 4.56. The number of benzene rings is 2. The summed E-state index contributed by atoms with van der Waals surface area (Å²) in [5.74, 6) is 0.344. The van der Waals surface area contributed by atoms with E-state index in [-0.39, 0.29) is 19.3 Å². The van der Waals surface area contributed by atoms with Gasteiger partial charge in [-0.2, -0.15) is 0 Å². The van der Waals surface area contributed by atoms with Gasteiger partial charge in [-0.25, -0.2) is 0 Å². The smallest absolute Gasteiger partial charge is 0.207 e. The molecule has 148 valence electrons. The molecule has 4 nitrogen and oxygen atoms in total. The van der Waals surface area contributed by atoms with Gasteiger partial charge in [0.15, 0.2) is 0 Å². The molecule has 0 aromatic heterocycles. The molecule has 3 rings (SSSR count). The van der Waals surface area contributed by atoms with E-state index in [0.717, 1.165) is 43.2 Å². The maximum absolute atomic E-state index is 11.0. The largest absolute Gasteiger partial charge is 0.356 e. The Morgan fingerprint density at radius 3 is 1.79 bits per heavy atom. The molecule has 1 saturated carbocycles. The normalized spacial score (nSPS) is 25.2. The molecule has 1 aliphatic carbocycles. The van der Waals surface area contributed by atoms with Crippen molar-refractivity contribution in [3.8, 4) is 0 Å². The maximum Gasteiger partial charge on any atom is 0.207 e. The van der Waals surface area contributed by atoms with Gasteiger partial charge >= 0.3 is 0 Å². The Morgan fingerprint density at radius 2 is 1.32 bits per heavy atom. The van der Waals surface area contributed by atoms with Crippen LogP contribution in [0, 0.1) is 28.6 Å². The quantitative estimate of drug-likeness (QED) is 0.485. The molecule has 1 fully saturated rings. The number of carbonyl (C=O) groups excluding carboxylic acids is 1. The predicted octanol–water partition coefficient (Wildman–Crippen LogP) is 4.93. The summed E-state index contributed by atoms with van der Waals surface area (Å²) in [5.41, 5.74) is 3.09. The Labute approximate surface area is 168 Å². The van der Waals surface area contributed by atoms with Crippen LogP contribution in [0.25, 0.3) is 0 Å². The summed E-state index contributed by atoms with van der Waals surface area (Å²) in [6, 6.07) is 19.9. The van der Waals surface area contributed by atoms with E-state index >= 15 is 0 Å². The summed E-state index contributed by atoms with van der Waals surface area (Å²) in [6.07, 6.45) is 4.21. The van der Waals surface area contributed by atoms with Crippen molar-refractivity contribution in [3.05, 3.63) is 71.8 Å². The first-order chi connectivity index (χ1) is 13.6. The van der Waals surface area contributed by atoms with Crippen LogP contribution in [0.5, 0.6) is 0 Å². The second-order valence-corrected chi connectivity index (χ2v) is 7.80. The van der Waals surface area contributed by atoms with Crippen molar-refractivity contribution in [1.29, 1.82) is 10.8 Å². The summed E-state index contributed by atoms with van der Waals surface area (Å²) in [6.45, 7) is 2.17. The number of hydrogen-bond donors (Lipinski definition) is 3. The number of nitrogens with one attached hydrogen (secondary N) is 3. The van der Waals surface area contributed by atoms with E-state index in [1.165, 1.54) is 0 Å². The number of amides is 1. The highest BCUT2D eigenvalue weighted by molar-refractivity contribution is 6.06. The number of hydrogen-bond acceptors (Lipinski definition) is 3. The highest BCUT2D eigenvalue weighted by Crippen LogP contribution is 2.35. The van der Waals surface area contributed by atoms with Crippen molar-refractivity contribution in [2.24, 2.45) is 17.8 Å². The van der Waals surface area contributed by atoms with E-state index in [1.807, 2.05) is 60.7 Å². The molecule has 2 aromatic rings. The predicted molar refractivity (Wildman–Crippen MR) is 116 cm³/mol. The van der Waals surface area contributed by atoms with Crippen LogP contribution in [0.1, 0.15) is 45.2 Å². The lowest BCUT2D eigenvalue weighted by Gasteiger charge is -2.35. The van der Waals surface area contributed by atoms with Gasteiger partial charge in [0.05, 0.1) is 0 Å². The van der Waals surface area contributed by atoms with E-state index in [1.54, 1.807) is 0 Å². The van der Waals surface area contributed by atoms with Gasteiger partial charge in [-0.15, -0.1) is 0 Å². The van der Waals surface area contributed by atoms with Crippen LogP contribution < -0.4 is 5.32 Å². The van der Waals surface area contributed by atoms with Gasteiger partial charge in [0.2, 0.25) is 6.41 Å². The zero-order valence-corrected chi connectivity index (χ0v) is 16.4. The zero-order valence-electron chi connectivity index (χ0n) is 16.4. The average molecular weight is 378 g/mol. The van der Waals surface area contributed by atoms with Crippen molar-refractivity contribution in [3.63, 3.8) is 0 Å². The molecule has 2 aromatic carbocycles. The minimum atomic E-state index is -0.0291. The van der Waals surface area contributed by atoms with Crippen LogP contribution in [0.3, 0.4) is 0 Å². The van der Waals surface area contributed by atoms with Gasteiger partial charge in [0, 0.05) is 30.7 Å². The lowest BCUT2D eigenvalue weighted by molar-refractivity contribution is -0.110. The third-order valence-corrected chi connectivity index (χ3v) is 6.09. The van der Waals surface area contributed by atoms with Gasteiger partial charge in [-0.1, -0.05) is 67.6 Å². The van der Waals surface area contributed by atoms with E-state index in [4.69, 9.17) is 10.8 Å². The van der Waals surface area contributed by atoms with Crippen LogP contribution in [0.2, 0.25) is 0 Å². The van der Waals surface area contributed by atoms with Crippen molar-refractivity contribution < 1.29 is 6.22 Å². The highest BCUT2D eigenvalue weighted by atomic mass is 16.1. The second-order valence-electron chi connectivity index (χ2n) is 7.80. The van der Waals surface area contributed by atoms with Gasteiger partial charge in [0.25, 0.3) is 0 Å². The summed E-state index contributed by atoms with van der Waals surface area (Å²) < 4.78 is 0. The Bertz CT molecular complexity index is 809. The molecule has 4 atom stereocenters. The maximum atomic E-state index is 11.0. The Morgan fingerprint density at radius 1 is 0.857 bits per heavy atom. The summed E-state index contributed by atoms with van der Waals surface area (Å²) >= 11 is 0. The molecule has 0 saturated heterocycles. The summed E-state index contributed by atoms with van der Waals surface area (Å²) in [4.78, 5) is 11.0. The molecule has 0 heterocycles. The summed E-state index contributed by atoms with van der Waals surface area (Å²) in [7, 11) is 0. The highest BCUT2D eigenvalue weighted by Gasteiger charge is 2.34. The standard InChI is InChI=1S/C24H29N3O.H2/c1-17-12-13-20(23(25)18-8-4-2-5-9-18)21(14-15-22(17)27-16-28)24(26)19-10-6-3-7-11-19;/h2-11,16-17,20-22,25-26H,12-15H2,1H3,(H,27,28);1H. The van der Waals surface area contributed by atoms with Gasteiger partial charge in [-0.3, -0.25) is 4.79 Å². The fraction of sp³-hybridized carbons (Fsp3) is 0.375. The van der Waals surface area contributed by atoms with E-state index in [9.17, 15) is 4.79 Å². The first-order valence-electron chi connectivity index (χ1n) is 10.1. The van der Waals surface area contributed by atoms with Gasteiger partial charge in [-0.05, 0) is 42.7 Å². The Balaban J connectivity index is 0.00000300. The van der Waals surface area contributed by atoms with E-state index in [2.05, 4.69) is 12.2 Å². The molecule has 4 heteroatoms. The van der Waals surface area contributed by atoms with Crippen LogP contribution in [-0.4, -0.2) is 23.9 Å². The van der Waals surface area contributed by atoms with Gasteiger partial charge in [0.1, 0.15) is 0 Å². The van der Waals surface area contributed by atoms with Crippen molar-refractivity contribution in [2.75, 3.05) is 0 Å². The molecule has 3 N–H and O–H groups in total. The SMILES string of the molecule is CC1CCC(C(=N)c2ccccc2)C(C(=N)c2ccccc2)CCC1NC=O.[HH]. The van der Waals surface area contributed by atoms with Crippen molar-refractivity contribution in [2.45, 2.75) is 38.6 Å². The van der Waals surface area contributed by atoms with E-state index < -0.39 is 0 Å². The monoisotopic (exact) mass is 377 g/mol. The second kappa shape index (κ2) is 9.45. The molecule has 0 bridgehead atoms. The van der Waals surface area contributed by atoms with Gasteiger partial charge < -0.3 is 16.1 Å².